The lowest BCUT2D eigenvalue weighted by Gasteiger charge is -2.32. The number of rotatable bonds is 3. The molecule has 1 aliphatic rings. The van der Waals surface area contributed by atoms with E-state index in [9.17, 15) is 14.4 Å². The second kappa shape index (κ2) is 6.25. The molecular formula is C14H17N3O4. The Morgan fingerprint density at radius 2 is 2.14 bits per heavy atom. The summed E-state index contributed by atoms with van der Waals surface area (Å²) in [5, 5.41) is 14.2. The fourth-order valence-electron chi connectivity index (χ4n) is 2.16. The van der Waals surface area contributed by atoms with E-state index in [1.807, 2.05) is 31.2 Å². The molecular weight excluding hydrogens is 274 g/mol. The van der Waals surface area contributed by atoms with Crippen LogP contribution in [0.4, 0.5) is 4.79 Å². The zero-order valence-electron chi connectivity index (χ0n) is 11.6. The van der Waals surface area contributed by atoms with Crippen molar-refractivity contribution >= 4 is 17.9 Å². The van der Waals surface area contributed by atoms with Crippen molar-refractivity contribution in [3.63, 3.8) is 0 Å². The number of hydrogen-bond acceptors (Lipinski definition) is 3. The van der Waals surface area contributed by atoms with Crippen LogP contribution in [0.15, 0.2) is 24.3 Å². The normalized spacial score (nSPS) is 18.0. The minimum atomic E-state index is -1.14. The summed E-state index contributed by atoms with van der Waals surface area (Å²) in [6, 6.07) is 5.97. The van der Waals surface area contributed by atoms with Gasteiger partial charge in [0, 0.05) is 13.1 Å². The Hall–Kier alpha value is -2.57. The van der Waals surface area contributed by atoms with Gasteiger partial charge in [-0.15, -0.1) is 0 Å². The maximum atomic E-state index is 12.1. The third kappa shape index (κ3) is 3.50. The Morgan fingerprint density at radius 1 is 1.43 bits per heavy atom. The number of amides is 3. The van der Waals surface area contributed by atoms with Gasteiger partial charge in [-0.2, -0.15) is 0 Å². The summed E-state index contributed by atoms with van der Waals surface area (Å²) >= 11 is 0. The molecule has 1 aromatic rings. The fraction of sp³-hybridized carbons (Fsp3) is 0.357. The van der Waals surface area contributed by atoms with Crippen LogP contribution in [0, 0.1) is 6.92 Å². The molecule has 3 N–H and O–H groups in total. The molecule has 112 valence electrons. The number of nitrogens with zero attached hydrogens (tertiary/aromatic N) is 1. The molecule has 7 nitrogen and oxygen atoms in total. The summed E-state index contributed by atoms with van der Waals surface area (Å²) in [5.41, 5.74) is 1.98. The lowest BCUT2D eigenvalue weighted by atomic mass is 10.1. The van der Waals surface area contributed by atoms with Crippen LogP contribution in [-0.4, -0.2) is 47.0 Å². The second-order valence-electron chi connectivity index (χ2n) is 4.87. The zero-order valence-corrected chi connectivity index (χ0v) is 11.6. The largest absolute Gasteiger partial charge is 0.480 e. The zero-order chi connectivity index (χ0) is 15.4. The lowest BCUT2D eigenvalue weighted by molar-refractivity contribution is -0.144. The molecule has 1 atom stereocenters. The summed E-state index contributed by atoms with van der Waals surface area (Å²) in [7, 11) is 0. The third-order valence-electron chi connectivity index (χ3n) is 3.42. The maximum Gasteiger partial charge on any atom is 0.328 e. The molecule has 0 saturated carbocycles. The van der Waals surface area contributed by atoms with Gasteiger partial charge in [0.25, 0.3) is 0 Å². The molecule has 0 radical (unpaired) electrons. The number of carboxylic acids is 1. The highest BCUT2D eigenvalue weighted by molar-refractivity contribution is 5.90. The quantitative estimate of drug-likeness (QED) is 0.735. The highest BCUT2D eigenvalue weighted by atomic mass is 16.4. The average molecular weight is 291 g/mol. The SMILES string of the molecule is Cc1ccccc1CNC(=O)N1CC(=O)NCC1C(=O)O. The van der Waals surface area contributed by atoms with Gasteiger partial charge < -0.3 is 15.7 Å². The minimum Gasteiger partial charge on any atom is -0.480 e. The van der Waals surface area contributed by atoms with Crippen molar-refractivity contribution in [1.29, 1.82) is 0 Å². The molecule has 1 aromatic carbocycles. The lowest BCUT2D eigenvalue weighted by Crippen LogP contribution is -2.61. The first-order valence-corrected chi connectivity index (χ1v) is 6.57. The standard InChI is InChI=1S/C14H17N3O4/c1-9-4-2-3-5-10(9)6-16-14(21)17-8-12(18)15-7-11(17)13(19)20/h2-5,11H,6-8H2,1H3,(H,15,18)(H,16,21)(H,19,20). The summed E-state index contributed by atoms with van der Waals surface area (Å²) < 4.78 is 0. The van der Waals surface area contributed by atoms with E-state index in [0.29, 0.717) is 0 Å². The van der Waals surface area contributed by atoms with Gasteiger partial charge in [-0.05, 0) is 18.1 Å². The molecule has 1 aliphatic heterocycles. The first-order chi connectivity index (χ1) is 9.99. The number of urea groups is 1. The summed E-state index contributed by atoms with van der Waals surface area (Å²) in [6.07, 6.45) is 0. The van der Waals surface area contributed by atoms with Gasteiger partial charge in [0.15, 0.2) is 0 Å². The highest BCUT2D eigenvalue weighted by Crippen LogP contribution is 2.08. The monoisotopic (exact) mass is 291 g/mol. The van der Waals surface area contributed by atoms with Crippen LogP contribution >= 0.6 is 0 Å². The Bertz CT molecular complexity index is 573. The molecule has 2 rings (SSSR count). The van der Waals surface area contributed by atoms with Crippen LogP contribution < -0.4 is 10.6 Å². The van der Waals surface area contributed by atoms with Crippen molar-refractivity contribution in [1.82, 2.24) is 15.5 Å². The van der Waals surface area contributed by atoms with Crippen molar-refractivity contribution in [2.75, 3.05) is 13.1 Å². The smallest absolute Gasteiger partial charge is 0.328 e. The van der Waals surface area contributed by atoms with Gasteiger partial charge in [0.05, 0.1) is 0 Å². The second-order valence-corrected chi connectivity index (χ2v) is 4.87. The van der Waals surface area contributed by atoms with E-state index in [4.69, 9.17) is 5.11 Å². The molecule has 0 bridgehead atoms. The Balaban J connectivity index is 2.02. The van der Waals surface area contributed by atoms with E-state index in [0.717, 1.165) is 16.0 Å². The summed E-state index contributed by atoms with van der Waals surface area (Å²) in [4.78, 5) is 35.6. The van der Waals surface area contributed by atoms with Crippen LogP contribution in [0.2, 0.25) is 0 Å². The van der Waals surface area contributed by atoms with Crippen LogP contribution in [0.25, 0.3) is 0 Å². The van der Waals surface area contributed by atoms with Gasteiger partial charge in [-0.3, -0.25) is 9.69 Å². The predicted octanol–water partition coefficient (Wildman–Crippen LogP) is 0.0896. The van der Waals surface area contributed by atoms with Crippen LogP contribution in [-0.2, 0) is 16.1 Å². The van der Waals surface area contributed by atoms with Gasteiger partial charge >= 0.3 is 12.0 Å². The minimum absolute atomic E-state index is 0.0774. The van der Waals surface area contributed by atoms with Crippen LogP contribution in [0.1, 0.15) is 11.1 Å². The Kier molecular flexibility index (Phi) is 4.42. The first kappa shape index (κ1) is 14.8. The molecule has 21 heavy (non-hydrogen) atoms. The van der Waals surface area contributed by atoms with Crippen LogP contribution in [0.3, 0.4) is 0 Å². The topological polar surface area (TPSA) is 98.7 Å². The van der Waals surface area contributed by atoms with Crippen LogP contribution in [0.5, 0.6) is 0 Å². The Labute approximate surface area is 121 Å². The molecule has 1 fully saturated rings. The number of nitrogens with one attached hydrogen (secondary N) is 2. The molecule has 7 heteroatoms. The van der Waals surface area contributed by atoms with E-state index >= 15 is 0 Å². The number of aliphatic carboxylic acids is 1. The average Bonchev–Trinajstić information content (AvgIpc) is 2.45. The van der Waals surface area contributed by atoms with Crippen molar-refractivity contribution < 1.29 is 19.5 Å². The summed E-state index contributed by atoms with van der Waals surface area (Å²) in [6.45, 7) is 1.88. The molecule has 1 heterocycles. The predicted molar refractivity (Wildman–Crippen MR) is 74.6 cm³/mol. The summed E-state index contributed by atoms with van der Waals surface area (Å²) in [5.74, 6) is -1.50. The molecule has 1 saturated heterocycles. The third-order valence-corrected chi connectivity index (χ3v) is 3.42. The number of carboxylic acid groups (broad SMARTS) is 1. The van der Waals surface area contributed by atoms with E-state index < -0.39 is 18.0 Å². The van der Waals surface area contributed by atoms with E-state index in [-0.39, 0.29) is 25.5 Å². The Morgan fingerprint density at radius 3 is 2.81 bits per heavy atom. The number of carbonyl (C=O) groups is 3. The first-order valence-electron chi connectivity index (χ1n) is 6.57. The fourth-order valence-corrected chi connectivity index (χ4v) is 2.16. The number of aryl methyl sites for hydroxylation is 1. The van der Waals surface area contributed by atoms with Gasteiger partial charge in [-0.25, -0.2) is 9.59 Å². The van der Waals surface area contributed by atoms with Crippen molar-refractivity contribution in [2.45, 2.75) is 19.5 Å². The van der Waals surface area contributed by atoms with E-state index in [2.05, 4.69) is 10.6 Å². The number of carbonyl (C=O) groups excluding carboxylic acids is 2. The van der Waals surface area contributed by atoms with Crippen molar-refractivity contribution in [3.05, 3.63) is 35.4 Å². The number of benzene rings is 1. The van der Waals surface area contributed by atoms with E-state index in [1.54, 1.807) is 0 Å². The van der Waals surface area contributed by atoms with Crippen molar-refractivity contribution in [3.8, 4) is 0 Å². The van der Waals surface area contributed by atoms with Gasteiger partial charge in [0.2, 0.25) is 5.91 Å². The van der Waals surface area contributed by atoms with E-state index in [1.165, 1.54) is 0 Å². The molecule has 0 aliphatic carbocycles. The highest BCUT2D eigenvalue weighted by Gasteiger charge is 2.35. The molecule has 0 spiro atoms. The molecule has 0 aromatic heterocycles. The number of piperazine rings is 1. The molecule has 3 amide bonds. The molecule has 1 unspecified atom stereocenters. The maximum absolute atomic E-state index is 12.1. The van der Waals surface area contributed by atoms with Crippen molar-refractivity contribution in [2.24, 2.45) is 0 Å². The van der Waals surface area contributed by atoms with Gasteiger partial charge in [-0.1, -0.05) is 24.3 Å². The van der Waals surface area contributed by atoms with Gasteiger partial charge in [0.1, 0.15) is 12.6 Å². The number of hydrogen-bond donors (Lipinski definition) is 3.